The Hall–Kier alpha value is -3.08. The number of hydrogen-bond donors (Lipinski definition) is 0. The largest absolute Gasteiger partial charge is 0.454 e. The third-order valence-electron chi connectivity index (χ3n) is 8.32. The minimum absolute atomic E-state index is 0.0188. The molecule has 2 fully saturated rings. The number of carbonyl (C=O) groups excluding carboxylic acids is 2. The molecule has 1 unspecified atom stereocenters. The van der Waals surface area contributed by atoms with Gasteiger partial charge in [0.1, 0.15) is 0 Å². The number of aryl methyl sites for hydroxylation is 3. The van der Waals surface area contributed by atoms with Crippen molar-refractivity contribution in [2.75, 3.05) is 19.9 Å². The molecule has 2 aromatic rings. The van der Waals surface area contributed by atoms with Crippen molar-refractivity contribution in [3.63, 3.8) is 0 Å². The molecule has 2 heterocycles. The molecule has 2 aromatic carbocycles. The van der Waals surface area contributed by atoms with Crippen LogP contribution in [0.25, 0.3) is 0 Å². The maximum absolute atomic E-state index is 13.8. The molecule has 3 aliphatic rings. The van der Waals surface area contributed by atoms with Crippen LogP contribution in [0.1, 0.15) is 79.2 Å². The molecule has 0 bridgehead atoms. The van der Waals surface area contributed by atoms with Crippen molar-refractivity contribution in [1.82, 2.24) is 4.90 Å². The Bertz CT molecular complexity index is 1190. The summed E-state index contributed by atoms with van der Waals surface area (Å²) in [6.45, 7) is 10.6. The number of nitrogens with zero attached hydrogens (tertiary/aromatic N) is 1. The fraction of sp³-hybridized carbons (Fsp3) is 0.500. The lowest BCUT2D eigenvalue weighted by Crippen LogP contribution is -2.38. The number of carbonyl (C=O) groups is 2. The first-order valence-electron chi connectivity index (χ1n) is 13.9. The third-order valence-corrected chi connectivity index (χ3v) is 8.32. The number of benzene rings is 2. The molecule has 196 valence electrons. The summed E-state index contributed by atoms with van der Waals surface area (Å²) in [6, 6.07) is 10.4. The SMILES string of the molecule is CCC(Cc1ccc2c(c1)OCO2)C(=C1C(=O)CC(c2c(C)cc(C)cc2C)CC1=O)N1CCCCC1. The number of ether oxygens (including phenoxy) is 2. The number of allylic oxidation sites excluding steroid dienone is 2. The van der Waals surface area contributed by atoms with Gasteiger partial charge in [0.25, 0.3) is 0 Å². The van der Waals surface area contributed by atoms with Gasteiger partial charge in [-0.15, -0.1) is 0 Å². The van der Waals surface area contributed by atoms with Gasteiger partial charge in [-0.25, -0.2) is 0 Å². The van der Waals surface area contributed by atoms with Gasteiger partial charge in [-0.1, -0.05) is 30.7 Å². The highest BCUT2D eigenvalue weighted by Gasteiger charge is 2.38. The summed E-state index contributed by atoms with van der Waals surface area (Å²) in [7, 11) is 0. The molecule has 5 heteroatoms. The van der Waals surface area contributed by atoms with E-state index in [1.165, 1.54) is 28.7 Å². The summed E-state index contributed by atoms with van der Waals surface area (Å²) in [5.41, 5.74) is 7.37. The Morgan fingerprint density at radius 2 is 1.57 bits per heavy atom. The Morgan fingerprint density at radius 3 is 2.22 bits per heavy atom. The van der Waals surface area contributed by atoms with Gasteiger partial charge in [0.15, 0.2) is 23.1 Å². The Labute approximate surface area is 220 Å². The zero-order valence-corrected chi connectivity index (χ0v) is 22.7. The highest BCUT2D eigenvalue weighted by atomic mass is 16.7. The lowest BCUT2D eigenvalue weighted by molar-refractivity contribution is -0.124. The van der Waals surface area contributed by atoms with Crippen LogP contribution in [0, 0.1) is 26.7 Å². The molecule has 37 heavy (non-hydrogen) atoms. The monoisotopic (exact) mass is 501 g/mol. The first-order valence-corrected chi connectivity index (χ1v) is 13.9. The lowest BCUT2D eigenvalue weighted by Gasteiger charge is -2.38. The highest BCUT2D eigenvalue weighted by molar-refractivity contribution is 6.22. The van der Waals surface area contributed by atoms with Crippen molar-refractivity contribution in [2.24, 2.45) is 5.92 Å². The second-order valence-electron chi connectivity index (χ2n) is 11.1. The number of piperidine rings is 1. The van der Waals surface area contributed by atoms with Gasteiger partial charge in [-0.05, 0) is 93.2 Å². The van der Waals surface area contributed by atoms with E-state index >= 15 is 0 Å². The van der Waals surface area contributed by atoms with E-state index in [-0.39, 0.29) is 30.2 Å². The molecule has 1 aliphatic carbocycles. The van der Waals surface area contributed by atoms with Crippen molar-refractivity contribution < 1.29 is 19.1 Å². The van der Waals surface area contributed by atoms with E-state index < -0.39 is 0 Å². The van der Waals surface area contributed by atoms with Crippen LogP contribution in [0.3, 0.4) is 0 Å². The van der Waals surface area contributed by atoms with E-state index in [9.17, 15) is 9.59 Å². The van der Waals surface area contributed by atoms with E-state index in [1.807, 2.05) is 12.1 Å². The first kappa shape index (κ1) is 25.6. The molecule has 0 radical (unpaired) electrons. The predicted molar refractivity (Wildman–Crippen MR) is 145 cm³/mol. The summed E-state index contributed by atoms with van der Waals surface area (Å²) in [4.78, 5) is 30.1. The number of fused-ring (bicyclic) bond motifs is 1. The molecule has 0 N–H and O–H groups in total. The van der Waals surface area contributed by atoms with Gasteiger partial charge in [-0.2, -0.15) is 0 Å². The highest BCUT2D eigenvalue weighted by Crippen LogP contribution is 2.40. The number of likely N-dealkylation sites (tertiary alicyclic amines) is 1. The fourth-order valence-electron chi connectivity index (χ4n) is 6.75. The molecule has 0 spiro atoms. The molecular formula is C32H39NO4. The van der Waals surface area contributed by atoms with Crippen molar-refractivity contribution in [2.45, 2.75) is 78.6 Å². The predicted octanol–water partition coefficient (Wildman–Crippen LogP) is 6.37. The molecule has 5 rings (SSSR count). The molecule has 1 saturated heterocycles. The topological polar surface area (TPSA) is 55.8 Å². The summed E-state index contributed by atoms with van der Waals surface area (Å²) in [6.07, 6.45) is 5.85. The normalized spacial score (nSPS) is 20.4. The smallest absolute Gasteiger partial charge is 0.231 e. The van der Waals surface area contributed by atoms with Crippen molar-refractivity contribution in [3.05, 3.63) is 69.4 Å². The molecular weight excluding hydrogens is 462 g/mol. The van der Waals surface area contributed by atoms with Crippen LogP contribution < -0.4 is 9.47 Å². The fourth-order valence-corrected chi connectivity index (χ4v) is 6.75. The maximum Gasteiger partial charge on any atom is 0.231 e. The summed E-state index contributed by atoms with van der Waals surface area (Å²) in [5.74, 6) is 1.64. The number of rotatable bonds is 6. The second-order valence-corrected chi connectivity index (χ2v) is 11.1. The lowest BCUT2D eigenvalue weighted by atomic mass is 9.74. The second kappa shape index (κ2) is 10.7. The van der Waals surface area contributed by atoms with Gasteiger partial charge < -0.3 is 14.4 Å². The average Bonchev–Trinajstić information content (AvgIpc) is 3.33. The summed E-state index contributed by atoms with van der Waals surface area (Å²) < 4.78 is 11.1. The number of hydrogen-bond acceptors (Lipinski definition) is 5. The van der Waals surface area contributed by atoms with Crippen LogP contribution in [0.15, 0.2) is 41.6 Å². The molecule has 1 atom stereocenters. The van der Waals surface area contributed by atoms with Crippen LogP contribution in [0.5, 0.6) is 11.5 Å². The molecule has 0 aromatic heterocycles. The minimum atomic E-state index is -0.0408. The van der Waals surface area contributed by atoms with Crippen molar-refractivity contribution >= 4 is 11.6 Å². The quantitative estimate of drug-likeness (QED) is 0.340. The van der Waals surface area contributed by atoms with Crippen LogP contribution >= 0.6 is 0 Å². The van der Waals surface area contributed by atoms with Gasteiger partial charge >= 0.3 is 0 Å². The Balaban J connectivity index is 1.50. The zero-order chi connectivity index (χ0) is 26.1. The average molecular weight is 502 g/mol. The van der Waals surface area contributed by atoms with Crippen LogP contribution in [-0.2, 0) is 16.0 Å². The zero-order valence-electron chi connectivity index (χ0n) is 22.7. The van der Waals surface area contributed by atoms with Gasteiger partial charge in [0.05, 0.1) is 5.57 Å². The summed E-state index contributed by atoms with van der Waals surface area (Å²) in [5, 5.41) is 0. The Kier molecular flexibility index (Phi) is 7.41. The van der Waals surface area contributed by atoms with Crippen molar-refractivity contribution in [3.8, 4) is 11.5 Å². The van der Waals surface area contributed by atoms with Gasteiger partial charge in [0, 0.05) is 37.5 Å². The molecule has 1 saturated carbocycles. The van der Waals surface area contributed by atoms with E-state index in [4.69, 9.17) is 9.47 Å². The molecule has 0 amide bonds. The van der Waals surface area contributed by atoms with E-state index in [0.29, 0.717) is 18.4 Å². The van der Waals surface area contributed by atoms with Crippen molar-refractivity contribution in [1.29, 1.82) is 0 Å². The standard InChI is InChI=1S/C32H39NO4/c1-5-24(15-23-9-10-28-29(16-23)37-19-36-28)32(33-11-7-6-8-12-33)31-26(34)17-25(18-27(31)35)30-21(3)13-20(2)14-22(30)4/h9-10,13-14,16,24-25H,5-8,11-12,15,17-19H2,1-4H3. The van der Waals surface area contributed by atoms with E-state index in [2.05, 4.69) is 50.8 Å². The Morgan fingerprint density at radius 1 is 0.919 bits per heavy atom. The van der Waals surface area contributed by atoms with Crippen LogP contribution in [-0.4, -0.2) is 36.3 Å². The molecule has 5 nitrogen and oxygen atoms in total. The van der Waals surface area contributed by atoms with Gasteiger partial charge in [-0.3, -0.25) is 9.59 Å². The number of Topliss-reactive ketones (excluding diaryl/α,β-unsaturated/α-hetero) is 2. The third kappa shape index (κ3) is 5.18. The van der Waals surface area contributed by atoms with E-state index in [1.54, 1.807) is 0 Å². The first-order chi connectivity index (χ1) is 17.9. The van der Waals surface area contributed by atoms with Crippen LogP contribution in [0.4, 0.5) is 0 Å². The molecule has 2 aliphatic heterocycles. The van der Waals surface area contributed by atoms with E-state index in [0.717, 1.165) is 61.5 Å². The minimum Gasteiger partial charge on any atom is -0.454 e. The summed E-state index contributed by atoms with van der Waals surface area (Å²) >= 11 is 0. The number of ketones is 2. The maximum atomic E-state index is 13.8. The van der Waals surface area contributed by atoms with Crippen LogP contribution in [0.2, 0.25) is 0 Å². The van der Waals surface area contributed by atoms with Gasteiger partial charge in [0.2, 0.25) is 6.79 Å².